The molecule has 0 aromatic carbocycles. The van der Waals surface area contributed by atoms with Crippen LogP contribution in [-0.4, -0.2) is 30.0 Å². The molecule has 0 unspecified atom stereocenters. The van der Waals surface area contributed by atoms with E-state index in [-0.39, 0.29) is 0 Å². The molecule has 2 fully saturated rings. The Kier molecular flexibility index (Phi) is 3.28. The Balaban J connectivity index is 1.62. The summed E-state index contributed by atoms with van der Waals surface area (Å²) in [5.41, 5.74) is 0. The third-order valence-corrected chi connectivity index (χ3v) is 4.06. The van der Waals surface area contributed by atoms with Crippen LogP contribution < -0.4 is 0 Å². The van der Waals surface area contributed by atoms with Crippen LogP contribution in [0.4, 0.5) is 0 Å². The fourth-order valence-corrected chi connectivity index (χ4v) is 2.73. The molecule has 0 N–H and O–H groups in total. The van der Waals surface area contributed by atoms with Gasteiger partial charge in [-0.1, -0.05) is 0 Å². The predicted octanol–water partition coefficient (Wildman–Crippen LogP) is 1.88. The molecule has 2 aliphatic rings. The van der Waals surface area contributed by atoms with Gasteiger partial charge in [-0.15, -0.1) is 0 Å². The molecule has 1 heterocycles. The van der Waals surface area contributed by atoms with Crippen LogP contribution in [0.25, 0.3) is 0 Å². The van der Waals surface area contributed by atoms with Gasteiger partial charge in [0, 0.05) is 24.4 Å². The maximum absolute atomic E-state index is 11.4. The van der Waals surface area contributed by atoms with Crippen molar-refractivity contribution in [3.8, 4) is 0 Å². The lowest BCUT2D eigenvalue weighted by molar-refractivity contribution is -0.117. The van der Waals surface area contributed by atoms with Crippen molar-refractivity contribution in [1.82, 2.24) is 0 Å². The molecule has 0 aromatic rings. The summed E-state index contributed by atoms with van der Waals surface area (Å²) < 4.78 is 5.27. The quantitative estimate of drug-likeness (QED) is 0.693. The van der Waals surface area contributed by atoms with E-state index in [0.717, 1.165) is 44.6 Å². The molecule has 1 aliphatic heterocycles. The maximum Gasteiger partial charge on any atom is 0.145 e. The minimum Gasteiger partial charge on any atom is -0.381 e. The number of thioether (sulfide) groups is 1. The molecule has 1 saturated heterocycles. The van der Waals surface area contributed by atoms with Crippen molar-refractivity contribution in [3.05, 3.63) is 0 Å². The van der Waals surface area contributed by atoms with Gasteiger partial charge in [-0.3, -0.25) is 4.79 Å². The van der Waals surface area contributed by atoms with Crippen molar-refractivity contribution in [2.75, 3.05) is 19.0 Å². The highest BCUT2D eigenvalue weighted by Crippen LogP contribution is 2.32. The van der Waals surface area contributed by atoms with Crippen LogP contribution in [0.5, 0.6) is 0 Å². The molecule has 2 rings (SSSR count). The number of carbonyl (C=O) groups is 1. The zero-order chi connectivity index (χ0) is 9.10. The van der Waals surface area contributed by atoms with Crippen molar-refractivity contribution in [2.24, 2.45) is 5.92 Å². The van der Waals surface area contributed by atoms with Crippen LogP contribution in [-0.2, 0) is 9.53 Å². The van der Waals surface area contributed by atoms with E-state index >= 15 is 0 Å². The number of hydrogen-bond donors (Lipinski definition) is 0. The Labute approximate surface area is 83.4 Å². The van der Waals surface area contributed by atoms with Gasteiger partial charge in [0.05, 0.1) is 5.75 Å². The first kappa shape index (κ1) is 9.53. The second-order valence-electron chi connectivity index (χ2n) is 3.86. The second kappa shape index (κ2) is 4.47. The molecule has 74 valence electrons. The smallest absolute Gasteiger partial charge is 0.145 e. The highest BCUT2D eigenvalue weighted by molar-refractivity contribution is 8.00. The van der Waals surface area contributed by atoms with Gasteiger partial charge < -0.3 is 4.74 Å². The highest BCUT2D eigenvalue weighted by Gasteiger charge is 2.29. The largest absolute Gasteiger partial charge is 0.381 e. The molecular formula is C10H16O2S. The van der Waals surface area contributed by atoms with E-state index in [1.807, 2.05) is 11.8 Å². The van der Waals surface area contributed by atoms with E-state index in [9.17, 15) is 4.79 Å². The first-order valence-electron chi connectivity index (χ1n) is 5.08. The van der Waals surface area contributed by atoms with Crippen molar-refractivity contribution < 1.29 is 9.53 Å². The van der Waals surface area contributed by atoms with Gasteiger partial charge in [-0.25, -0.2) is 0 Å². The van der Waals surface area contributed by atoms with E-state index in [0.29, 0.717) is 17.0 Å². The first-order valence-corrected chi connectivity index (χ1v) is 6.13. The minimum atomic E-state index is 0.437. The average molecular weight is 200 g/mol. The fraction of sp³-hybridized carbons (Fsp3) is 0.900. The molecule has 1 aliphatic carbocycles. The summed E-state index contributed by atoms with van der Waals surface area (Å²) in [6, 6.07) is 0. The van der Waals surface area contributed by atoms with Crippen molar-refractivity contribution in [1.29, 1.82) is 0 Å². The fourth-order valence-electron chi connectivity index (χ4n) is 1.57. The van der Waals surface area contributed by atoms with Gasteiger partial charge >= 0.3 is 0 Å². The standard InChI is InChI=1S/C10H16O2S/c11-10(8-1-2-8)7-13-9-3-5-12-6-4-9/h8-9H,1-7H2. The Hall–Kier alpha value is -0.0200. The van der Waals surface area contributed by atoms with Gasteiger partial charge in [0.15, 0.2) is 0 Å². The summed E-state index contributed by atoms with van der Waals surface area (Å²) >= 11 is 1.84. The van der Waals surface area contributed by atoms with E-state index in [1.165, 1.54) is 0 Å². The zero-order valence-electron chi connectivity index (χ0n) is 7.83. The molecule has 3 heteroatoms. The summed E-state index contributed by atoms with van der Waals surface area (Å²) in [7, 11) is 0. The molecule has 2 nitrogen and oxygen atoms in total. The first-order chi connectivity index (χ1) is 6.36. The summed E-state index contributed by atoms with van der Waals surface area (Å²) in [6.07, 6.45) is 4.55. The SMILES string of the molecule is O=C(CSC1CCOCC1)C1CC1. The van der Waals surface area contributed by atoms with Gasteiger partial charge in [-0.2, -0.15) is 11.8 Å². The van der Waals surface area contributed by atoms with Crippen LogP contribution in [0.15, 0.2) is 0 Å². The monoisotopic (exact) mass is 200 g/mol. The third kappa shape index (κ3) is 2.99. The number of ketones is 1. The minimum absolute atomic E-state index is 0.437. The predicted molar refractivity (Wildman–Crippen MR) is 54.0 cm³/mol. The molecule has 0 atom stereocenters. The summed E-state index contributed by atoms with van der Waals surface area (Å²) in [5, 5.41) is 0.677. The molecule has 0 amide bonds. The van der Waals surface area contributed by atoms with Crippen LogP contribution in [0.1, 0.15) is 25.7 Å². The topological polar surface area (TPSA) is 26.3 Å². The summed E-state index contributed by atoms with van der Waals surface area (Å²) in [4.78, 5) is 11.4. The Bertz CT molecular complexity index is 183. The average Bonchev–Trinajstić information content (AvgIpc) is 2.99. The molecule has 0 bridgehead atoms. The lowest BCUT2D eigenvalue weighted by Crippen LogP contribution is -2.19. The molecular weight excluding hydrogens is 184 g/mol. The summed E-state index contributed by atoms with van der Waals surface area (Å²) in [6.45, 7) is 1.77. The molecule has 1 saturated carbocycles. The number of hydrogen-bond acceptors (Lipinski definition) is 3. The highest BCUT2D eigenvalue weighted by atomic mass is 32.2. The van der Waals surface area contributed by atoms with E-state index in [4.69, 9.17) is 4.74 Å². The van der Waals surface area contributed by atoms with E-state index in [1.54, 1.807) is 0 Å². The van der Waals surface area contributed by atoms with Gasteiger partial charge in [-0.05, 0) is 25.7 Å². The Morgan fingerprint density at radius 2 is 1.92 bits per heavy atom. The van der Waals surface area contributed by atoms with Crippen LogP contribution in [0.3, 0.4) is 0 Å². The summed E-state index contributed by atoms with van der Waals surface area (Å²) in [5.74, 6) is 1.67. The van der Waals surface area contributed by atoms with Gasteiger partial charge in [0.25, 0.3) is 0 Å². The van der Waals surface area contributed by atoms with Crippen LogP contribution in [0, 0.1) is 5.92 Å². The number of ether oxygens (including phenoxy) is 1. The second-order valence-corrected chi connectivity index (χ2v) is 5.15. The molecule has 0 radical (unpaired) electrons. The Morgan fingerprint density at radius 1 is 1.23 bits per heavy atom. The number of rotatable bonds is 4. The Morgan fingerprint density at radius 3 is 2.54 bits per heavy atom. The zero-order valence-corrected chi connectivity index (χ0v) is 8.65. The lowest BCUT2D eigenvalue weighted by atomic mass is 10.2. The van der Waals surface area contributed by atoms with Crippen molar-refractivity contribution in [2.45, 2.75) is 30.9 Å². The van der Waals surface area contributed by atoms with Crippen LogP contribution >= 0.6 is 11.8 Å². The maximum atomic E-state index is 11.4. The lowest BCUT2D eigenvalue weighted by Gasteiger charge is -2.20. The van der Waals surface area contributed by atoms with Gasteiger partial charge in [0.1, 0.15) is 5.78 Å². The normalized spacial score (nSPS) is 24.6. The number of carbonyl (C=O) groups excluding carboxylic acids is 1. The molecule has 13 heavy (non-hydrogen) atoms. The molecule has 0 aromatic heterocycles. The van der Waals surface area contributed by atoms with E-state index in [2.05, 4.69) is 0 Å². The van der Waals surface area contributed by atoms with Gasteiger partial charge in [0.2, 0.25) is 0 Å². The van der Waals surface area contributed by atoms with Crippen LogP contribution in [0.2, 0.25) is 0 Å². The van der Waals surface area contributed by atoms with Crippen molar-refractivity contribution >= 4 is 17.5 Å². The molecule has 0 spiro atoms. The third-order valence-electron chi connectivity index (χ3n) is 2.66. The number of Topliss-reactive ketones (excluding diaryl/α,β-unsaturated/α-hetero) is 1. The van der Waals surface area contributed by atoms with Crippen molar-refractivity contribution in [3.63, 3.8) is 0 Å². The van der Waals surface area contributed by atoms with E-state index < -0.39 is 0 Å².